The van der Waals surface area contributed by atoms with Gasteiger partial charge in [0.15, 0.2) is 0 Å². The molecule has 0 amide bonds. The summed E-state index contributed by atoms with van der Waals surface area (Å²) in [6.07, 6.45) is -4.33. The van der Waals surface area contributed by atoms with Crippen molar-refractivity contribution in [1.29, 1.82) is 0 Å². The van der Waals surface area contributed by atoms with Gasteiger partial charge in [0.25, 0.3) is 0 Å². The van der Waals surface area contributed by atoms with Crippen LogP contribution in [-0.2, 0) is 6.18 Å². The van der Waals surface area contributed by atoms with Gasteiger partial charge in [-0.15, -0.1) is 0 Å². The summed E-state index contributed by atoms with van der Waals surface area (Å²) in [6, 6.07) is 2.83. The lowest BCUT2D eigenvalue weighted by molar-refractivity contribution is -0.138. The Balaban J connectivity index is 3.43. The molecule has 0 aliphatic rings. The monoisotopic (exact) mass is 320 g/mol. The van der Waals surface area contributed by atoms with Crippen molar-refractivity contribution in [2.45, 2.75) is 13.1 Å². The minimum absolute atomic E-state index is 0.0618. The summed E-state index contributed by atoms with van der Waals surface area (Å²) >= 11 is 7.19. The van der Waals surface area contributed by atoms with Gasteiger partial charge in [0.1, 0.15) is 0 Å². The first-order valence-corrected chi connectivity index (χ1v) is 4.81. The lowest BCUT2D eigenvalue weighted by atomic mass is 10.1. The lowest BCUT2D eigenvalue weighted by Gasteiger charge is -2.12. The highest BCUT2D eigenvalue weighted by Gasteiger charge is 2.35. The van der Waals surface area contributed by atoms with Crippen molar-refractivity contribution >= 4 is 34.2 Å². The van der Waals surface area contributed by atoms with Crippen molar-refractivity contribution in [3.8, 4) is 0 Å². The number of rotatable bonds is 0. The van der Waals surface area contributed by atoms with Crippen LogP contribution in [0.4, 0.5) is 13.2 Å². The van der Waals surface area contributed by atoms with Crippen molar-refractivity contribution in [3.05, 3.63) is 31.9 Å². The Morgan fingerprint density at radius 1 is 1.31 bits per heavy atom. The van der Waals surface area contributed by atoms with Crippen molar-refractivity contribution in [2.24, 2.45) is 0 Å². The summed E-state index contributed by atoms with van der Waals surface area (Å²) in [6.45, 7) is 1.42. The molecular formula is C8H5ClF3I. The van der Waals surface area contributed by atoms with Crippen LogP contribution >= 0.6 is 34.2 Å². The maximum absolute atomic E-state index is 12.4. The van der Waals surface area contributed by atoms with Gasteiger partial charge in [-0.1, -0.05) is 17.7 Å². The first-order chi connectivity index (χ1) is 5.84. The molecule has 0 radical (unpaired) electrons. The van der Waals surface area contributed by atoms with Crippen LogP contribution in [0.25, 0.3) is 0 Å². The Morgan fingerprint density at radius 3 is 2.23 bits per heavy atom. The average molecular weight is 320 g/mol. The van der Waals surface area contributed by atoms with Crippen LogP contribution in [0.2, 0.25) is 5.02 Å². The zero-order valence-electron chi connectivity index (χ0n) is 6.54. The molecule has 0 saturated heterocycles. The Labute approximate surface area is 92.2 Å². The quantitative estimate of drug-likeness (QED) is 0.626. The van der Waals surface area contributed by atoms with E-state index >= 15 is 0 Å². The summed E-state index contributed by atoms with van der Waals surface area (Å²) in [5.74, 6) is 0. The molecule has 0 N–H and O–H groups in total. The predicted molar refractivity (Wildman–Crippen MR) is 53.9 cm³/mol. The third-order valence-corrected chi connectivity index (χ3v) is 3.34. The van der Waals surface area contributed by atoms with Gasteiger partial charge in [0.05, 0.1) is 10.6 Å². The minimum atomic E-state index is -4.33. The molecule has 0 aromatic heterocycles. The molecule has 0 nitrogen and oxygen atoms in total. The predicted octanol–water partition coefficient (Wildman–Crippen LogP) is 4.27. The van der Waals surface area contributed by atoms with Crippen LogP contribution < -0.4 is 0 Å². The molecule has 0 saturated carbocycles. The highest BCUT2D eigenvalue weighted by molar-refractivity contribution is 14.1. The molecule has 0 heterocycles. The van der Waals surface area contributed by atoms with Crippen molar-refractivity contribution in [3.63, 3.8) is 0 Å². The third-order valence-electron chi connectivity index (χ3n) is 1.59. The van der Waals surface area contributed by atoms with Gasteiger partial charge in [0.2, 0.25) is 0 Å². The molecule has 13 heavy (non-hydrogen) atoms. The number of hydrogen-bond acceptors (Lipinski definition) is 0. The second kappa shape index (κ2) is 3.65. The topological polar surface area (TPSA) is 0 Å². The van der Waals surface area contributed by atoms with Gasteiger partial charge < -0.3 is 0 Å². The van der Waals surface area contributed by atoms with E-state index in [1.165, 1.54) is 19.1 Å². The molecule has 0 aliphatic heterocycles. The van der Waals surface area contributed by atoms with E-state index in [0.29, 0.717) is 0 Å². The molecule has 0 aliphatic carbocycles. The molecule has 5 heteroatoms. The Morgan fingerprint density at radius 2 is 1.85 bits per heavy atom. The van der Waals surface area contributed by atoms with Gasteiger partial charge in [-0.05, 0) is 41.1 Å². The molecule has 0 fully saturated rings. The molecule has 1 rings (SSSR count). The van der Waals surface area contributed by atoms with E-state index in [1.54, 1.807) is 22.6 Å². The Bertz CT molecular complexity index is 333. The summed E-state index contributed by atoms with van der Waals surface area (Å²) in [5.41, 5.74) is -0.443. The maximum Gasteiger partial charge on any atom is 0.417 e. The average Bonchev–Trinajstić information content (AvgIpc) is 1.95. The second-order valence-electron chi connectivity index (χ2n) is 2.55. The van der Waals surface area contributed by atoms with Crippen LogP contribution in [0.5, 0.6) is 0 Å². The standard InChI is InChI=1S/C8H5ClF3I/c1-4-2-3-5(9)7(13)6(4)8(10,11)12/h2-3H,1H3. The largest absolute Gasteiger partial charge is 0.417 e. The molecule has 0 spiro atoms. The Hall–Kier alpha value is 0.0300. The van der Waals surface area contributed by atoms with Gasteiger partial charge in [-0.25, -0.2) is 0 Å². The summed E-state index contributed by atoms with van der Waals surface area (Å²) in [4.78, 5) is 0. The van der Waals surface area contributed by atoms with E-state index in [0.717, 1.165) is 0 Å². The minimum Gasteiger partial charge on any atom is -0.166 e. The van der Waals surface area contributed by atoms with E-state index in [9.17, 15) is 13.2 Å². The van der Waals surface area contributed by atoms with E-state index in [4.69, 9.17) is 11.6 Å². The molecule has 72 valence electrons. The fraction of sp³-hybridized carbons (Fsp3) is 0.250. The molecule has 0 unspecified atom stereocenters. The molecule has 0 bridgehead atoms. The number of halogens is 5. The van der Waals surface area contributed by atoms with Crippen molar-refractivity contribution in [1.82, 2.24) is 0 Å². The summed E-state index contributed by atoms with van der Waals surface area (Å²) in [7, 11) is 0. The van der Waals surface area contributed by atoms with Crippen LogP contribution in [0.15, 0.2) is 12.1 Å². The molecular weight excluding hydrogens is 315 g/mol. The highest BCUT2D eigenvalue weighted by Crippen LogP contribution is 2.37. The normalized spacial score (nSPS) is 11.8. The van der Waals surface area contributed by atoms with Crippen LogP contribution in [0.1, 0.15) is 11.1 Å². The summed E-state index contributed by atoms with van der Waals surface area (Å²) < 4.78 is 37.3. The second-order valence-corrected chi connectivity index (χ2v) is 4.04. The van der Waals surface area contributed by atoms with Crippen LogP contribution in [0, 0.1) is 10.5 Å². The maximum atomic E-state index is 12.4. The first kappa shape index (κ1) is 11.1. The number of alkyl halides is 3. The van der Waals surface area contributed by atoms with Gasteiger partial charge in [-0.2, -0.15) is 13.2 Å². The van der Waals surface area contributed by atoms with Crippen molar-refractivity contribution in [2.75, 3.05) is 0 Å². The molecule has 1 aromatic rings. The van der Waals surface area contributed by atoms with Gasteiger partial charge in [-0.3, -0.25) is 0 Å². The van der Waals surface area contributed by atoms with Crippen LogP contribution in [-0.4, -0.2) is 0 Å². The van der Waals surface area contributed by atoms with E-state index < -0.39 is 11.7 Å². The van der Waals surface area contributed by atoms with Gasteiger partial charge >= 0.3 is 6.18 Å². The van der Waals surface area contributed by atoms with Gasteiger partial charge in [0, 0.05) is 3.57 Å². The Kier molecular flexibility index (Phi) is 3.12. The van der Waals surface area contributed by atoms with E-state index in [2.05, 4.69) is 0 Å². The fourth-order valence-corrected chi connectivity index (χ4v) is 2.06. The van der Waals surface area contributed by atoms with E-state index in [1.807, 2.05) is 0 Å². The zero-order chi connectivity index (χ0) is 10.2. The van der Waals surface area contributed by atoms with E-state index in [-0.39, 0.29) is 14.2 Å². The third kappa shape index (κ3) is 2.28. The van der Waals surface area contributed by atoms with Crippen molar-refractivity contribution < 1.29 is 13.2 Å². The summed E-state index contributed by atoms with van der Waals surface area (Å²) in [5, 5.41) is 0.138. The number of benzene rings is 1. The first-order valence-electron chi connectivity index (χ1n) is 3.36. The molecule has 0 atom stereocenters. The lowest BCUT2D eigenvalue weighted by Crippen LogP contribution is -2.10. The zero-order valence-corrected chi connectivity index (χ0v) is 9.46. The number of aryl methyl sites for hydroxylation is 1. The highest BCUT2D eigenvalue weighted by atomic mass is 127. The molecule has 1 aromatic carbocycles. The number of hydrogen-bond donors (Lipinski definition) is 0. The van der Waals surface area contributed by atoms with Crippen LogP contribution in [0.3, 0.4) is 0 Å². The SMILES string of the molecule is Cc1ccc(Cl)c(I)c1C(F)(F)F. The fourth-order valence-electron chi connectivity index (χ4n) is 0.995. The smallest absolute Gasteiger partial charge is 0.166 e.